The second-order valence-electron chi connectivity index (χ2n) is 7.25. The summed E-state index contributed by atoms with van der Waals surface area (Å²) >= 11 is 0. The van der Waals surface area contributed by atoms with Crippen LogP contribution >= 0.6 is 0 Å². The van der Waals surface area contributed by atoms with Gasteiger partial charge in [0.1, 0.15) is 23.0 Å². The van der Waals surface area contributed by atoms with Crippen LogP contribution in [0.4, 0.5) is 0 Å². The summed E-state index contributed by atoms with van der Waals surface area (Å²) < 4.78 is 16.0. The zero-order valence-electron chi connectivity index (χ0n) is 18.3. The SMILES string of the molecule is COc1ccc(C(=O)N/C(=C\c2ccco2)C(=O)NCc2ccc(OC(C)C)cc2)cc1. The molecule has 32 heavy (non-hydrogen) atoms. The number of carbonyl (C=O) groups is 2. The Kier molecular flexibility index (Phi) is 7.70. The fourth-order valence-electron chi connectivity index (χ4n) is 2.85. The van der Waals surface area contributed by atoms with Crippen molar-refractivity contribution in [2.75, 3.05) is 7.11 Å². The molecule has 0 aliphatic heterocycles. The Balaban J connectivity index is 1.69. The van der Waals surface area contributed by atoms with Gasteiger partial charge in [0, 0.05) is 18.2 Å². The molecular formula is C25H26N2O5. The highest BCUT2D eigenvalue weighted by Crippen LogP contribution is 2.15. The fraction of sp³-hybridized carbons (Fsp3) is 0.200. The highest BCUT2D eigenvalue weighted by Gasteiger charge is 2.15. The van der Waals surface area contributed by atoms with Crippen LogP contribution in [0.3, 0.4) is 0 Å². The van der Waals surface area contributed by atoms with Gasteiger partial charge in [-0.05, 0) is 67.9 Å². The van der Waals surface area contributed by atoms with Gasteiger partial charge in [0.15, 0.2) is 0 Å². The minimum absolute atomic E-state index is 0.0699. The lowest BCUT2D eigenvalue weighted by atomic mass is 10.2. The zero-order valence-corrected chi connectivity index (χ0v) is 18.3. The van der Waals surface area contributed by atoms with Crippen LogP contribution in [-0.4, -0.2) is 25.0 Å². The number of ether oxygens (including phenoxy) is 2. The molecule has 0 aliphatic rings. The van der Waals surface area contributed by atoms with Crippen molar-refractivity contribution < 1.29 is 23.5 Å². The Hall–Kier alpha value is -4.00. The predicted octanol–water partition coefficient (Wildman–Crippen LogP) is 4.16. The summed E-state index contributed by atoms with van der Waals surface area (Å²) in [5.41, 5.74) is 1.36. The van der Waals surface area contributed by atoms with Gasteiger partial charge >= 0.3 is 0 Å². The highest BCUT2D eigenvalue weighted by atomic mass is 16.5. The summed E-state index contributed by atoms with van der Waals surface area (Å²) in [4.78, 5) is 25.5. The van der Waals surface area contributed by atoms with Crippen LogP contribution in [0.2, 0.25) is 0 Å². The zero-order chi connectivity index (χ0) is 22.9. The van der Waals surface area contributed by atoms with Crippen LogP contribution in [0.25, 0.3) is 6.08 Å². The fourth-order valence-corrected chi connectivity index (χ4v) is 2.85. The first-order valence-electron chi connectivity index (χ1n) is 10.2. The Labute approximate surface area is 187 Å². The second kappa shape index (κ2) is 10.9. The van der Waals surface area contributed by atoms with Crippen molar-refractivity contribution >= 4 is 17.9 Å². The predicted molar refractivity (Wildman–Crippen MR) is 121 cm³/mol. The number of methoxy groups -OCH3 is 1. The molecule has 7 heteroatoms. The maximum absolute atomic E-state index is 12.8. The Morgan fingerprint density at radius 1 is 1.00 bits per heavy atom. The molecule has 0 aliphatic carbocycles. The molecule has 1 aromatic heterocycles. The van der Waals surface area contributed by atoms with E-state index in [2.05, 4.69) is 10.6 Å². The van der Waals surface area contributed by atoms with Crippen LogP contribution in [0.15, 0.2) is 77.0 Å². The molecular weight excluding hydrogens is 408 g/mol. The molecule has 2 amide bonds. The van der Waals surface area contributed by atoms with E-state index in [0.717, 1.165) is 11.3 Å². The monoisotopic (exact) mass is 434 g/mol. The third kappa shape index (κ3) is 6.50. The Bertz CT molecular complexity index is 1050. The highest BCUT2D eigenvalue weighted by molar-refractivity contribution is 6.05. The summed E-state index contributed by atoms with van der Waals surface area (Å²) in [6.07, 6.45) is 3.06. The van der Waals surface area contributed by atoms with Crippen LogP contribution < -0.4 is 20.1 Å². The summed E-state index contributed by atoms with van der Waals surface area (Å²) in [5.74, 6) is 0.984. The molecule has 2 aromatic carbocycles. The van der Waals surface area contributed by atoms with Crippen LogP contribution in [0.5, 0.6) is 11.5 Å². The van der Waals surface area contributed by atoms with Crippen molar-refractivity contribution in [3.8, 4) is 11.5 Å². The molecule has 1 heterocycles. The number of nitrogens with one attached hydrogen (secondary N) is 2. The topological polar surface area (TPSA) is 89.8 Å². The molecule has 7 nitrogen and oxygen atoms in total. The molecule has 0 saturated heterocycles. The third-order valence-electron chi connectivity index (χ3n) is 4.42. The molecule has 3 rings (SSSR count). The van der Waals surface area contributed by atoms with Gasteiger partial charge in [-0.1, -0.05) is 12.1 Å². The number of hydrogen-bond acceptors (Lipinski definition) is 5. The standard InChI is InChI=1S/C25H26N2O5/c1-17(2)32-21-10-6-18(7-11-21)16-26-25(29)23(15-22-5-4-14-31-22)27-24(28)19-8-12-20(30-3)13-9-19/h4-15,17H,16H2,1-3H3,(H,26,29)(H,27,28)/b23-15-. The van der Waals surface area contributed by atoms with E-state index in [4.69, 9.17) is 13.9 Å². The summed E-state index contributed by atoms with van der Waals surface area (Å²) in [5, 5.41) is 5.49. The van der Waals surface area contributed by atoms with Gasteiger partial charge in [-0.25, -0.2) is 0 Å². The normalized spacial score (nSPS) is 11.2. The van der Waals surface area contributed by atoms with Crippen molar-refractivity contribution in [2.24, 2.45) is 0 Å². The van der Waals surface area contributed by atoms with E-state index in [-0.39, 0.29) is 18.3 Å². The molecule has 0 atom stereocenters. The lowest BCUT2D eigenvalue weighted by Gasteiger charge is -2.12. The molecule has 3 aromatic rings. The van der Waals surface area contributed by atoms with E-state index in [1.54, 1.807) is 43.5 Å². The van der Waals surface area contributed by atoms with E-state index >= 15 is 0 Å². The first kappa shape index (κ1) is 22.7. The minimum atomic E-state index is -0.439. The Morgan fingerprint density at radius 2 is 1.69 bits per heavy atom. The lowest BCUT2D eigenvalue weighted by Crippen LogP contribution is -2.34. The van der Waals surface area contributed by atoms with Crippen molar-refractivity contribution in [3.63, 3.8) is 0 Å². The summed E-state index contributed by atoms with van der Waals surface area (Å²) in [7, 11) is 1.55. The van der Waals surface area contributed by atoms with Gasteiger partial charge in [0.2, 0.25) is 0 Å². The molecule has 0 unspecified atom stereocenters. The van der Waals surface area contributed by atoms with Gasteiger partial charge in [0.05, 0.1) is 19.5 Å². The molecule has 2 N–H and O–H groups in total. The van der Waals surface area contributed by atoms with Gasteiger partial charge in [-0.2, -0.15) is 0 Å². The molecule has 0 bridgehead atoms. The molecule has 0 spiro atoms. The van der Waals surface area contributed by atoms with Crippen molar-refractivity contribution in [1.29, 1.82) is 0 Å². The third-order valence-corrected chi connectivity index (χ3v) is 4.42. The number of rotatable bonds is 9. The van der Waals surface area contributed by atoms with E-state index in [0.29, 0.717) is 17.1 Å². The summed E-state index contributed by atoms with van der Waals surface area (Å²) in [6, 6.07) is 17.5. The quantitative estimate of drug-likeness (QED) is 0.494. The molecule has 0 radical (unpaired) electrons. The van der Waals surface area contributed by atoms with Gasteiger partial charge in [0.25, 0.3) is 11.8 Å². The van der Waals surface area contributed by atoms with Gasteiger partial charge in [-0.15, -0.1) is 0 Å². The van der Waals surface area contributed by atoms with Gasteiger partial charge in [-0.3, -0.25) is 9.59 Å². The largest absolute Gasteiger partial charge is 0.497 e. The molecule has 166 valence electrons. The van der Waals surface area contributed by atoms with Gasteiger partial charge < -0.3 is 24.5 Å². The lowest BCUT2D eigenvalue weighted by molar-refractivity contribution is -0.117. The van der Waals surface area contributed by atoms with E-state index in [1.807, 2.05) is 38.1 Å². The van der Waals surface area contributed by atoms with Crippen LogP contribution in [0.1, 0.15) is 35.5 Å². The minimum Gasteiger partial charge on any atom is -0.497 e. The average molecular weight is 434 g/mol. The second-order valence-corrected chi connectivity index (χ2v) is 7.25. The van der Waals surface area contributed by atoms with Crippen LogP contribution in [0, 0.1) is 0 Å². The first-order valence-corrected chi connectivity index (χ1v) is 10.2. The maximum Gasteiger partial charge on any atom is 0.268 e. The molecule has 0 saturated carbocycles. The number of benzene rings is 2. The van der Waals surface area contributed by atoms with Crippen molar-refractivity contribution in [2.45, 2.75) is 26.5 Å². The molecule has 0 fully saturated rings. The van der Waals surface area contributed by atoms with Crippen molar-refractivity contribution in [1.82, 2.24) is 10.6 Å². The van der Waals surface area contributed by atoms with Crippen LogP contribution in [-0.2, 0) is 11.3 Å². The van der Waals surface area contributed by atoms with E-state index in [9.17, 15) is 9.59 Å². The Morgan fingerprint density at radius 3 is 2.28 bits per heavy atom. The smallest absolute Gasteiger partial charge is 0.268 e. The number of furan rings is 1. The van der Waals surface area contributed by atoms with E-state index < -0.39 is 11.8 Å². The summed E-state index contributed by atoms with van der Waals surface area (Å²) in [6.45, 7) is 4.21. The van der Waals surface area contributed by atoms with Crippen molar-refractivity contribution in [3.05, 3.63) is 89.5 Å². The van der Waals surface area contributed by atoms with E-state index in [1.165, 1.54) is 12.3 Å². The first-order chi connectivity index (χ1) is 15.4. The average Bonchev–Trinajstić information content (AvgIpc) is 3.31. The number of amides is 2. The maximum atomic E-state index is 12.8. The number of carbonyl (C=O) groups excluding carboxylic acids is 2. The number of hydrogen-bond donors (Lipinski definition) is 2.